The third-order valence-corrected chi connectivity index (χ3v) is 4.95. The van der Waals surface area contributed by atoms with Gasteiger partial charge >= 0.3 is 0 Å². The Bertz CT molecular complexity index is 204. The molecule has 0 atom stereocenters. The fourth-order valence-electron chi connectivity index (χ4n) is 3.46. The molecule has 1 heteroatoms. The van der Waals surface area contributed by atoms with Crippen LogP contribution in [0.3, 0.4) is 0 Å². The van der Waals surface area contributed by atoms with Crippen molar-refractivity contribution in [3.05, 3.63) is 0 Å². The van der Waals surface area contributed by atoms with Crippen molar-refractivity contribution in [2.24, 2.45) is 5.41 Å². The summed E-state index contributed by atoms with van der Waals surface area (Å²) in [5, 5.41) is 0. The highest BCUT2D eigenvalue weighted by Gasteiger charge is 2.42. The third-order valence-electron chi connectivity index (χ3n) is 4.95. The second-order valence-electron chi connectivity index (χ2n) is 6.54. The predicted octanol–water partition coefficient (Wildman–Crippen LogP) is 6.36. The average molecular weight is 271 g/mol. The highest BCUT2D eigenvalue weighted by Crippen LogP contribution is 2.43. The zero-order valence-electron chi connectivity index (χ0n) is 14.5. The zero-order valence-corrected chi connectivity index (χ0v) is 14.5. The van der Waals surface area contributed by atoms with Crippen molar-refractivity contribution in [2.75, 3.05) is 6.61 Å². The smallest absolute Gasteiger partial charge is 0.0727 e. The van der Waals surface area contributed by atoms with E-state index in [-0.39, 0.29) is 11.0 Å². The van der Waals surface area contributed by atoms with Gasteiger partial charge in [-0.05, 0) is 31.6 Å². The van der Waals surface area contributed by atoms with Crippen LogP contribution >= 0.6 is 0 Å². The van der Waals surface area contributed by atoms with Crippen molar-refractivity contribution < 1.29 is 4.74 Å². The van der Waals surface area contributed by atoms with Gasteiger partial charge in [-0.2, -0.15) is 0 Å². The van der Waals surface area contributed by atoms with Gasteiger partial charge in [-0.15, -0.1) is 0 Å². The maximum absolute atomic E-state index is 6.19. The van der Waals surface area contributed by atoms with Gasteiger partial charge in [0.2, 0.25) is 0 Å². The van der Waals surface area contributed by atoms with E-state index in [0.29, 0.717) is 0 Å². The summed E-state index contributed by atoms with van der Waals surface area (Å²) >= 11 is 0. The number of hydrogen-bond acceptors (Lipinski definition) is 1. The summed E-state index contributed by atoms with van der Waals surface area (Å²) in [6.07, 6.45) is 11.8. The highest BCUT2D eigenvalue weighted by atomic mass is 16.5. The van der Waals surface area contributed by atoms with Crippen molar-refractivity contribution in [2.45, 2.75) is 105 Å². The van der Waals surface area contributed by atoms with Gasteiger partial charge in [0.25, 0.3) is 0 Å². The van der Waals surface area contributed by atoms with Crippen LogP contribution in [0.5, 0.6) is 0 Å². The van der Waals surface area contributed by atoms with E-state index in [1.807, 2.05) is 0 Å². The van der Waals surface area contributed by atoms with Gasteiger partial charge < -0.3 is 4.74 Å². The lowest BCUT2D eigenvalue weighted by atomic mass is 9.68. The minimum atomic E-state index is 0.0746. The molecule has 19 heavy (non-hydrogen) atoms. The molecule has 0 bridgehead atoms. The van der Waals surface area contributed by atoms with Crippen LogP contribution in [0.25, 0.3) is 0 Å². The third kappa shape index (κ3) is 5.85. The molecule has 0 heterocycles. The van der Waals surface area contributed by atoms with Gasteiger partial charge in [-0.3, -0.25) is 0 Å². The Balaban J connectivity index is 4.24. The molecular weight excluding hydrogens is 232 g/mol. The molecule has 0 N–H and O–H groups in total. The molecule has 116 valence electrons. The van der Waals surface area contributed by atoms with Crippen molar-refractivity contribution in [3.8, 4) is 0 Å². The highest BCUT2D eigenvalue weighted by molar-refractivity contribution is 4.93. The number of rotatable bonds is 12. The lowest BCUT2D eigenvalue weighted by molar-refractivity contribution is -0.128. The molecule has 0 rings (SSSR count). The molecule has 0 aliphatic carbocycles. The number of hydrogen-bond donors (Lipinski definition) is 0. The number of ether oxygens (including phenoxy) is 1. The van der Waals surface area contributed by atoms with E-state index in [9.17, 15) is 0 Å². The first-order valence-corrected chi connectivity index (χ1v) is 8.63. The van der Waals surface area contributed by atoms with Crippen LogP contribution in [0.1, 0.15) is 99.3 Å². The quantitative estimate of drug-likeness (QED) is 0.375. The monoisotopic (exact) mass is 270 g/mol. The van der Waals surface area contributed by atoms with Gasteiger partial charge in [0.15, 0.2) is 0 Å². The van der Waals surface area contributed by atoms with Crippen molar-refractivity contribution in [1.29, 1.82) is 0 Å². The fourth-order valence-corrected chi connectivity index (χ4v) is 3.46. The second kappa shape index (κ2) is 9.80. The molecule has 0 aliphatic rings. The zero-order chi connectivity index (χ0) is 14.8. The van der Waals surface area contributed by atoms with E-state index in [1.54, 1.807) is 0 Å². The first kappa shape index (κ1) is 19.0. The Morgan fingerprint density at radius 2 is 1.26 bits per heavy atom. The predicted molar refractivity (Wildman–Crippen MR) is 86.7 cm³/mol. The topological polar surface area (TPSA) is 9.23 Å². The van der Waals surface area contributed by atoms with Crippen LogP contribution in [0.4, 0.5) is 0 Å². The van der Waals surface area contributed by atoms with Crippen LogP contribution in [0, 0.1) is 5.41 Å². The Labute approximate surface area is 122 Å². The molecule has 0 saturated heterocycles. The minimum absolute atomic E-state index is 0.0746. The molecule has 0 radical (unpaired) electrons. The van der Waals surface area contributed by atoms with E-state index in [2.05, 4.69) is 41.5 Å². The van der Waals surface area contributed by atoms with Crippen LogP contribution in [-0.2, 0) is 4.74 Å². The SMILES string of the molecule is CCCCCCCCC(C)(C)C(CC)(CC)OCC. The van der Waals surface area contributed by atoms with Crippen LogP contribution in [0.15, 0.2) is 0 Å². The van der Waals surface area contributed by atoms with E-state index >= 15 is 0 Å². The summed E-state index contributed by atoms with van der Waals surface area (Å²) in [5.74, 6) is 0. The standard InChI is InChI=1S/C18H38O/c1-7-11-12-13-14-15-16-17(5,6)18(8-2,9-3)19-10-4/h7-16H2,1-6H3. The molecule has 0 aromatic rings. The van der Waals surface area contributed by atoms with E-state index in [0.717, 1.165) is 19.4 Å². The summed E-state index contributed by atoms with van der Waals surface area (Å²) in [6.45, 7) is 14.6. The minimum Gasteiger partial charge on any atom is -0.375 e. The molecule has 0 saturated carbocycles. The van der Waals surface area contributed by atoms with Crippen molar-refractivity contribution in [1.82, 2.24) is 0 Å². The van der Waals surface area contributed by atoms with E-state index in [1.165, 1.54) is 44.9 Å². The Kier molecular flexibility index (Phi) is 9.78. The molecule has 0 spiro atoms. The second-order valence-corrected chi connectivity index (χ2v) is 6.54. The molecule has 0 aromatic heterocycles. The lowest BCUT2D eigenvalue weighted by Crippen LogP contribution is -2.46. The molecule has 0 amide bonds. The van der Waals surface area contributed by atoms with Gasteiger partial charge in [-0.25, -0.2) is 0 Å². The summed E-state index contributed by atoms with van der Waals surface area (Å²) in [4.78, 5) is 0. The van der Waals surface area contributed by atoms with Crippen LogP contribution in [0.2, 0.25) is 0 Å². The van der Waals surface area contributed by atoms with E-state index < -0.39 is 0 Å². The first-order valence-electron chi connectivity index (χ1n) is 8.63. The molecule has 0 unspecified atom stereocenters. The van der Waals surface area contributed by atoms with Gasteiger partial charge in [0.05, 0.1) is 5.60 Å². The number of unbranched alkanes of at least 4 members (excludes halogenated alkanes) is 5. The molecular formula is C18H38O. The summed E-state index contributed by atoms with van der Waals surface area (Å²) in [7, 11) is 0. The Morgan fingerprint density at radius 1 is 0.737 bits per heavy atom. The van der Waals surface area contributed by atoms with Crippen molar-refractivity contribution >= 4 is 0 Å². The van der Waals surface area contributed by atoms with Crippen LogP contribution in [-0.4, -0.2) is 12.2 Å². The average Bonchev–Trinajstić information content (AvgIpc) is 2.39. The summed E-state index contributed by atoms with van der Waals surface area (Å²) in [5.41, 5.74) is 0.364. The van der Waals surface area contributed by atoms with Crippen LogP contribution < -0.4 is 0 Å². The van der Waals surface area contributed by atoms with Gasteiger partial charge in [-0.1, -0.05) is 73.1 Å². The maximum atomic E-state index is 6.19. The molecule has 0 aliphatic heterocycles. The van der Waals surface area contributed by atoms with Gasteiger partial charge in [0.1, 0.15) is 0 Å². The summed E-state index contributed by atoms with van der Waals surface area (Å²) < 4.78 is 6.19. The lowest BCUT2D eigenvalue weighted by Gasteiger charge is -2.46. The maximum Gasteiger partial charge on any atom is 0.0727 e. The fraction of sp³-hybridized carbons (Fsp3) is 1.00. The largest absolute Gasteiger partial charge is 0.375 e. The Hall–Kier alpha value is -0.0400. The molecule has 0 aromatic carbocycles. The van der Waals surface area contributed by atoms with Crippen molar-refractivity contribution in [3.63, 3.8) is 0 Å². The summed E-state index contributed by atoms with van der Waals surface area (Å²) in [6, 6.07) is 0. The van der Waals surface area contributed by atoms with Gasteiger partial charge in [0, 0.05) is 6.61 Å². The molecule has 1 nitrogen and oxygen atoms in total. The Morgan fingerprint density at radius 3 is 1.74 bits per heavy atom. The first-order chi connectivity index (χ1) is 8.99. The normalized spacial score (nSPS) is 12.9. The molecule has 0 fully saturated rings. The van der Waals surface area contributed by atoms with E-state index in [4.69, 9.17) is 4.74 Å².